The summed E-state index contributed by atoms with van der Waals surface area (Å²) in [6.07, 6.45) is 1.79. The van der Waals surface area contributed by atoms with E-state index in [0.29, 0.717) is 5.56 Å². The molecule has 0 aliphatic carbocycles. The van der Waals surface area contributed by atoms with Crippen molar-refractivity contribution in [1.82, 2.24) is 0 Å². The first-order valence-corrected chi connectivity index (χ1v) is 5.93. The molecule has 0 aliphatic heterocycles. The van der Waals surface area contributed by atoms with Gasteiger partial charge in [0.2, 0.25) is 0 Å². The van der Waals surface area contributed by atoms with E-state index in [-0.39, 0.29) is 17.5 Å². The number of Topliss-reactive ketones (excluding diaryl/α,β-unsaturated/α-hetero) is 1. The van der Waals surface area contributed by atoms with Crippen LogP contribution in [0, 0.1) is 11.7 Å². The molecule has 0 bridgehead atoms. The van der Waals surface area contributed by atoms with Crippen molar-refractivity contribution in [3.63, 3.8) is 0 Å². The van der Waals surface area contributed by atoms with Gasteiger partial charge in [-0.1, -0.05) is 32.4 Å². The van der Waals surface area contributed by atoms with Gasteiger partial charge in [0.05, 0.1) is 0 Å². The minimum absolute atomic E-state index is 0.00937. The number of hydrogen-bond acceptors (Lipinski definition) is 1. The highest BCUT2D eigenvalue weighted by atomic mass is 35.5. The van der Waals surface area contributed by atoms with E-state index in [0.717, 1.165) is 12.8 Å². The number of carbonyl (C=O) groups excluding carboxylic acids is 1. The fraction of sp³-hybridized carbons (Fsp3) is 0.462. The zero-order chi connectivity index (χ0) is 12.1. The molecular formula is C13H16ClFO. The normalized spacial score (nSPS) is 14.5. The Morgan fingerprint density at radius 3 is 2.44 bits per heavy atom. The summed E-state index contributed by atoms with van der Waals surface area (Å²) in [4.78, 5) is 11.9. The zero-order valence-electron chi connectivity index (χ0n) is 9.54. The van der Waals surface area contributed by atoms with E-state index in [1.165, 1.54) is 12.1 Å². The van der Waals surface area contributed by atoms with Crippen LogP contribution in [0.25, 0.3) is 0 Å². The Labute approximate surface area is 101 Å². The first-order valence-electron chi connectivity index (χ1n) is 5.49. The highest BCUT2D eigenvalue weighted by molar-refractivity contribution is 6.31. The summed E-state index contributed by atoms with van der Waals surface area (Å²) < 4.78 is 12.7. The van der Waals surface area contributed by atoms with Crippen LogP contribution in [0.1, 0.15) is 37.6 Å². The van der Waals surface area contributed by atoms with Crippen molar-refractivity contribution in [2.45, 2.75) is 32.1 Å². The van der Waals surface area contributed by atoms with Crippen LogP contribution in [0.4, 0.5) is 4.39 Å². The Bertz CT molecular complexity index is 347. The Hall–Kier alpha value is -0.890. The lowest BCUT2D eigenvalue weighted by molar-refractivity contribution is -0.122. The molecule has 0 aliphatic rings. The topological polar surface area (TPSA) is 17.1 Å². The Kier molecular flexibility index (Phi) is 4.94. The molecule has 88 valence electrons. The summed E-state index contributed by atoms with van der Waals surface area (Å²) in [6.45, 7) is 3.91. The summed E-state index contributed by atoms with van der Waals surface area (Å²) >= 11 is 6.07. The van der Waals surface area contributed by atoms with Crippen molar-refractivity contribution in [2.24, 2.45) is 5.92 Å². The molecule has 1 rings (SSSR count). The second kappa shape index (κ2) is 6.00. The third-order valence-corrected chi connectivity index (χ3v) is 3.09. The molecule has 0 saturated carbocycles. The number of hydrogen-bond donors (Lipinski definition) is 0. The van der Waals surface area contributed by atoms with Gasteiger partial charge in [0.25, 0.3) is 0 Å². The van der Waals surface area contributed by atoms with E-state index in [2.05, 4.69) is 0 Å². The summed E-state index contributed by atoms with van der Waals surface area (Å²) in [7, 11) is 0. The van der Waals surface area contributed by atoms with Gasteiger partial charge >= 0.3 is 0 Å². The van der Waals surface area contributed by atoms with Crippen LogP contribution in [-0.4, -0.2) is 5.78 Å². The van der Waals surface area contributed by atoms with E-state index in [1.807, 2.05) is 13.8 Å². The Morgan fingerprint density at radius 2 is 1.94 bits per heavy atom. The lowest BCUT2D eigenvalue weighted by Gasteiger charge is -2.14. The molecule has 2 atom stereocenters. The van der Waals surface area contributed by atoms with Crippen LogP contribution in [0.15, 0.2) is 24.3 Å². The van der Waals surface area contributed by atoms with Crippen molar-refractivity contribution in [3.05, 3.63) is 35.6 Å². The van der Waals surface area contributed by atoms with E-state index in [4.69, 9.17) is 11.6 Å². The molecule has 0 spiro atoms. The smallest absolute Gasteiger partial charge is 0.157 e. The summed E-state index contributed by atoms with van der Waals surface area (Å²) in [5, 5.41) is -0.665. The molecule has 16 heavy (non-hydrogen) atoms. The fourth-order valence-electron chi connectivity index (χ4n) is 1.62. The van der Waals surface area contributed by atoms with Gasteiger partial charge in [0.15, 0.2) is 5.78 Å². The lowest BCUT2D eigenvalue weighted by Crippen LogP contribution is -2.16. The van der Waals surface area contributed by atoms with Crippen molar-refractivity contribution >= 4 is 17.4 Å². The number of carbonyl (C=O) groups is 1. The predicted molar refractivity (Wildman–Crippen MR) is 64.1 cm³/mol. The maximum atomic E-state index is 12.7. The number of rotatable bonds is 5. The molecule has 0 amide bonds. The second-order valence-corrected chi connectivity index (χ2v) is 4.44. The summed E-state index contributed by atoms with van der Waals surface area (Å²) in [5.74, 6) is -0.352. The van der Waals surface area contributed by atoms with Crippen LogP contribution in [0.5, 0.6) is 0 Å². The average molecular weight is 243 g/mol. The third kappa shape index (κ3) is 3.31. The monoisotopic (exact) mass is 242 g/mol. The van der Waals surface area contributed by atoms with Gasteiger partial charge in [-0.3, -0.25) is 4.79 Å². The van der Waals surface area contributed by atoms with Crippen LogP contribution < -0.4 is 0 Å². The first kappa shape index (κ1) is 13.2. The molecule has 1 aromatic carbocycles. The summed E-state index contributed by atoms with van der Waals surface area (Å²) in [6, 6.07) is 5.76. The van der Waals surface area contributed by atoms with Gasteiger partial charge in [-0.2, -0.15) is 0 Å². The van der Waals surface area contributed by atoms with Crippen LogP contribution in [0.2, 0.25) is 0 Å². The van der Waals surface area contributed by atoms with E-state index in [1.54, 1.807) is 12.1 Å². The van der Waals surface area contributed by atoms with Crippen LogP contribution >= 0.6 is 11.6 Å². The molecule has 1 nitrogen and oxygen atoms in total. The van der Waals surface area contributed by atoms with Gasteiger partial charge < -0.3 is 0 Å². The molecule has 0 aromatic heterocycles. The molecule has 0 radical (unpaired) electrons. The van der Waals surface area contributed by atoms with Gasteiger partial charge in [-0.15, -0.1) is 11.6 Å². The van der Waals surface area contributed by atoms with Crippen LogP contribution in [0.3, 0.4) is 0 Å². The molecular weight excluding hydrogens is 227 g/mol. The number of benzene rings is 1. The summed E-state index contributed by atoms with van der Waals surface area (Å²) in [5.41, 5.74) is 0.663. The molecule has 0 N–H and O–H groups in total. The second-order valence-electron chi connectivity index (χ2n) is 4.01. The quantitative estimate of drug-likeness (QED) is 0.710. The molecule has 0 saturated heterocycles. The lowest BCUT2D eigenvalue weighted by atomic mass is 9.95. The van der Waals surface area contributed by atoms with E-state index in [9.17, 15) is 9.18 Å². The Morgan fingerprint density at radius 1 is 1.38 bits per heavy atom. The maximum Gasteiger partial charge on any atom is 0.157 e. The average Bonchev–Trinajstić information content (AvgIpc) is 2.28. The molecule has 1 aromatic rings. The van der Waals surface area contributed by atoms with Crippen molar-refractivity contribution < 1.29 is 9.18 Å². The highest BCUT2D eigenvalue weighted by Crippen LogP contribution is 2.26. The van der Waals surface area contributed by atoms with Crippen molar-refractivity contribution in [1.29, 1.82) is 0 Å². The molecule has 0 fully saturated rings. The number of alkyl halides is 1. The standard InChI is InChI=1S/C13H16ClFO/c1-3-4-9(2)13(16)12(14)10-5-7-11(15)8-6-10/h5-9,12H,3-4H2,1-2H3. The minimum Gasteiger partial charge on any atom is -0.297 e. The molecule has 3 heteroatoms. The van der Waals surface area contributed by atoms with Crippen molar-refractivity contribution in [3.8, 4) is 0 Å². The highest BCUT2D eigenvalue weighted by Gasteiger charge is 2.22. The number of ketones is 1. The van der Waals surface area contributed by atoms with Gasteiger partial charge in [0, 0.05) is 5.92 Å². The predicted octanol–water partition coefficient (Wildman–Crippen LogP) is 4.11. The largest absolute Gasteiger partial charge is 0.297 e. The van der Waals surface area contributed by atoms with Crippen molar-refractivity contribution in [2.75, 3.05) is 0 Å². The van der Waals surface area contributed by atoms with Gasteiger partial charge in [-0.05, 0) is 24.1 Å². The number of halogens is 2. The fourth-order valence-corrected chi connectivity index (χ4v) is 1.98. The first-order chi connectivity index (χ1) is 7.56. The minimum atomic E-state index is -0.665. The molecule has 2 unspecified atom stereocenters. The maximum absolute atomic E-state index is 12.7. The zero-order valence-corrected chi connectivity index (χ0v) is 10.3. The molecule has 0 heterocycles. The van der Waals surface area contributed by atoms with Gasteiger partial charge in [-0.25, -0.2) is 4.39 Å². The Balaban J connectivity index is 2.73. The van der Waals surface area contributed by atoms with Gasteiger partial charge in [0.1, 0.15) is 11.2 Å². The van der Waals surface area contributed by atoms with E-state index < -0.39 is 5.38 Å². The third-order valence-electron chi connectivity index (χ3n) is 2.62. The van der Waals surface area contributed by atoms with E-state index >= 15 is 0 Å². The SMILES string of the molecule is CCCC(C)C(=O)C(Cl)c1ccc(F)cc1. The van der Waals surface area contributed by atoms with Crippen LogP contribution in [-0.2, 0) is 4.79 Å².